The molecule has 0 saturated heterocycles. The Morgan fingerprint density at radius 1 is 1.04 bits per heavy atom. The van der Waals surface area contributed by atoms with Gasteiger partial charge in [-0.15, -0.1) is 0 Å². The molecule has 0 atom stereocenters. The zero-order chi connectivity index (χ0) is 18.0. The van der Waals surface area contributed by atoms with Crippen LogP contribution in [0.2, 0.25) is 0 Å². The van der Waals surface area contributed by atoms with E-state index in [1.165, 1.54) is 0 Å². The summed E-state index contributed by atoms with van der Waals surface area (Å²) in [6, 6.07) is 10.7. The Balaban J connectivity index is 1.81. The Morgan fingerprint density at radius 3 is 2.48 bits per heavy atom. The van der Waals surface area contributed by atoms with Gasteiger partial charge in [0.2, 0.25) is 5.91 Å². The van der Waals surface area contributed by atoms with Crippen molar-refractivity contribution < 1.29 is 19.4 Å². The highest BCUT2D eigenvalue weighted by Gasteiger charge is 2.20. The third-order valence-corrected chi connectivity index (χ3v) is 4.51. The number of benzene rings is 2. The van der Waals surface area contributed by atoms with Crippen LogP contribution in [0.25, 0.3) is 0 Å². The average molecular weight is 339 g/mol. The van der Waals surface area contributed by atoms with Crippen molar-refractivity contribution in [2.24, 2.45) is 0 Å². The fourth-order valence-corrected chi connectivity index (χ4v) is 3.09. The van der Waals surface area contributed by atoms with Gasteiger partial charge in [0.25, 0.3) is 0 Å². The molecular formula is C20H21NO4. The largest absolute Gasteiger partial charge is 0.478 e. The summed E-state index contributed by atoms with van der Waals surface area (Å²) in [4.78, 5) is 25.2. The first-order chi connectivity index (χ1) is 12.0. The monoisotopic (exact) mass is 339 g/mol. The number of carboxylic acids is 1. The molecule has 1 aliphatic heterocycles. The number of carboxylic acid groups (broad SMARTS) is 1. The summed E-state index contributed by atoms with van der Waals surface area (Å²) in [5.41, 5.74) is 3.03. The molecule has 2 aromatic rings. The number of rotatable bonds is 5. The van der Waals surface area contributed by atoms with E-state index in [4.69, 9.17) is 9.84 Å². The number of likely N-dealkylation sites (N-methyl/N-ethyl adjacent to an activating group) is 1. The smallest absolute Gasteiger partial charge is 0.335 e. The van der Waals surface area contributed by atoms with Gasteiger partial charge in [-0.25, -0.2) is 4.79 Å². The average Bonchev–Trinajstić information content (AvgIpc) is 2.60. The lowest BCUT2D eigenvalue weighted by molar-refractivity contribution is -0.130. The number of amides is 1. The molecule has 130 valence electrons. The molecular weight excluding hydrogens is 318 g/mol. The van der Waals surface area contributed by atoms with Crippen LogP contribution >= 0.6 is 0 Å². The fourth-order valence-electron chi connectivity index (χ4n) is 3.09. The van der Waals surface area contributed by atoms with E-state index in [1.54, 1.807) is 18.2 Å². The fraction of sp³-hybridized carbons (Fsp3) is 0.300. The van der Waals surface area contributed by atoms with E-state index < -0.39 is 5.97 Å². The summed E-state index contributed by atoms with van der Waals surface area (Å²) in [5.74, 6) is 0.566. The van der Waals surface area contributed by atoms with E-state index in [-0.39, 0.29) is 11.5 Å². The molecule has 1 aliphatic rings. The van der Waals surface area contributed by atoms with Gasteiger partial charge < -0.3 is 14.7 Å². The van der Waals surface area contributed by atoms with Gasteiger partial charge in [-0.1, -0.05) is 12.1 Å². The van der Waals surface area contributed by atoms with Gasteiger partial charge in [0.1, 0.15) is 11.5 Å². The maximum Gasteiger partial charge on any atom is 0.335 e. The number of carbonyl (C=O) groups excluding carboxylic acids is 1. The van der Waals surface area contributed by atoms with Crippen LogP contribution in [0.1, 0.15) is 40.9 Å². The van der Waals surface area contributed by atoms with Crippen molar-refractivity contribution in [1.82, 2.24) is 4.90 Å². The first-order valence-corrected chi connectivity index (χ1v) is 8.45. The van der Waals surface area contributed by atoms with Crippen LogP contribution in [0.4, 0.5) is 0 Å². The molecule has 0 radical (unpaired) electrons. The highest BCUT2D eigenvalue weighted by molar-refractivity contribution is 5.88. The lowest BCUT2D eigenvalue weighted by Gasteiger charge is -2.22. The van der Waals surface area contributed by atoms with E-state index in [9.17, 15) is 9.59 Å². The van der Waals surface area contributed by atoms with E-state index in [2.05, 4.69) is 0 Å². The van der Waals surface area contributed by atoms with Crippen LogP contribution in [0, 0.1) is 0 Å². The second kappa shape index (κ2) is 6.97. The lowest BCUT2D eigenvalue weighted by atomic mass is 9.96. The number of hydrogen-bond donors (Lipinski definition) is 1. The molecule has 0 aromatic heterocycles. The highest BCUT2D eigenvalue weighted by atomic mass is 16.5. The minimum Gasteiger partial charge on any atom is -0.478 e. The summed E-state index contributed by atoms with van der Waals surface area (Å²) in [7, 11) is 0. The predicted octanol–water partition coefficient (Wildman–Crippen LogP) is 3.49. The molecule has 0 unspecified atom stereocenters. The third-order valence-electron chi connectivity index (χ3n) is 4.51. The van der Waals surface area contributed by atoms with E-state index in [0.717, 1.165) is 22.4 Å². The predicted molar refractivity (Wildman–Crippen MR) is 94.4 cm³/mol. The topological polar surface area (TPSA) is 66.8 Å². The minimum atomic E-state index is -0.946. The molecule has 0 spiro atoms. The van der Waals surface area contributed by atoms with Gasteiger partial charge in [-0.3, -0.25) is 4.79 Å². The molecule has 0 saturated carbocycles. The van der Waals surface area contributed by atoms with Crippen molar-refractivity contribution >= 4 is 11.9 Å². The first-order valence-electron chi connectivity index (χ1n) is 8.45. The van der Waals surface area contributed by atoms with Crippen molar-refractivity contribution in [2.75, 3.05) is 13.1 Å². The number of nitrogens with zero attached hydrogens (tertiary/aromatic N) is 1. The second-order valence-corrected chi connectivity index (χ2v) is 6.09. The maximum absolute atomic E-state index is 12.3. The van der Waals surface area contributed by atoms with Crippen LogP contribution in [-0.4, -0.2) is 35.0 Å². The summed E-state index contributed by atoms with van der Waals surface area (Å²) in [6.07, 6.45) is 0.971. The summed E-state index contributed by atoms with van der Waals surface area (Å²) >= 11 is 0. The molecule has 25 heavy (non-hydrogen) atoms. The van der Waals surface area contributed by atoms with Crippen LogP contribution in [0.3, 0.4) is 0 Å². The summed E-state index contributed by atoms with van der Waals surface area (Å²) < 4.78 is 5.93. The van der Waals surface area contributed by atoms with Gasteiger partial charge in [0.15, 0.2) is 0 Å². The van der Waals surface area contributed by atoms with Gasteiger partial charge in [-0.2, -0.15) is 0 Å². The number of hydrogen-bond acceptors (Lipinski definition) is 3. The van der Waals surface area contributed by atoms with E-state index >= 15 is 0 Å². The van der Waals surface area contributed by atoms with Crippen molar-refractivity contribution in [2.45, 2.75) is 26.7 Å². The van der Waals surface area contributed by atoms with Crippen LogP contribution in [0.15, 0.2) is 36.4 Å². The van der Waals surface area contributed by atoms with Gasteiger partial charge in [0.05, 0.1) is 12.0 Å². The second-order valence-electron chi connectivity index (χ2n) is 6.09. The minimum absolute atomic E-state index is 0.104. The number of aromatic carboxylic acids is 1. The Morgan fingerprint density at radius 2 is 1.80 bits per heavy atom. The normalized spacial score (nSPS) is 11.9. The molecule has 1 N–H and O–H groups in total. The lowest BCUT2D eigenvalue weighted by Crippen LogP contribution is -2.31. The van der Waals surface area contributed by atoms with Crippen LogP contribution < -0.4 is 4.74 Å². The zero-order valence-corrected chi connectivity index (χ0v) is 14.4. The molecule has 0 fully saturated rings. The Hall–Kier alpha value is -2.82. The zero-order valence-electron chi connectivity index (χ0n) is 14.4. The van der Waals surface area contributed by atoms with Gasteiger partial charge >= 0.3 is 5.97 Å². The van der Waals surface area contributed by atoms with Gasteiger partial charge in [-0.05, 0) is 49.2 Å². The molecule has 2 aromatic carbocycles. The SMILES string of the molecule is CCN(CC)C(=O)Cc1ccc2c(c1)Oc1ccc(C(=O)O)cc1C2. The molecule has 1 amide bonds. The standard InChI is InChI=1S/C20H21NO4/c1-3-21(4-2)19(22)10-13-5-6-14-11-16-12-15(20(23)24)7-8-17(16)25-18(14)9-13/h5-9,12H,3-4,10-11H2,1-2H3,(H,23,24). The number of ether oxygens (including phenoxy) is 1. The molecule has 0 aliphatic carbocycles. The molecule has 1 heterocycles. The van der Waals surface area contributed by atoms with Crippen molar-refractivity contribution in [3.8, 4) is 11.5 Å². The highest BCUT2D eigenvalue weighted by Crippen LogP contribution is 2.37. The van der Waals surface area contributed by atoms with E-state index in [0.29, 0.717) is 31.7 Å². The summed E-state index contributed by atoms with van der Waals surface area (Å²) in [6.45, 7) is 5.35. The van der Waals surface area contributed by atoms with Crippen molar-refractivity contribution in [1.29, 1.82) is 0 Å². The molecule has 0 bridgehead atoms. The quantitative estimate of drug-likeness (QED) is 0.773. The Kier molecular flexibility index (Phi) is 4.74. The molecule has 5 nitrogen and oxygen atoms in total. The number of fused-ring (bicyclic) bond motifs is 2. The Bertz CT molecular complexity index is 824. The first kappa shape index (κ1) is 17.0. The summed E-state index contributed by atoms with van der Waals surface area (Å²) in [5, 5.41) is 9.11. The van der Waals surface area contributed by atoms with Crippen molar-refractivity contribution in [3.63, 3.8) is 0 Å². The maximum atomic E-state index is 12.3. The molecule has 5 heteroatoms. The van der Waals surface area contributed by atoms with Crippen LogP contribution in [0.5, 0.6) is 11.5 Å². The Labute approximate surface area is 146 Å². The van der Waals surface area contributed by atoms with Crippen LogP contribution in [-0.2, 0) is 17.6 Å². The van der Waals surface area contributed by atoms with Crippen molar-refractivity contribution in [3.05, 3.63) is 58.7 Å². The third kappa shape index (κ3) is 3.50. The van der Waals surface area contributed by atoms with E-state index in [1.807, 2.05) is 36.9 Å². The molecule has 3 rings (SSSR count). The van der Waals surface area contributed by atoms with Gasteiger partial charge in [0, 0.05) is 25.1 Å². The number of carbonyl (C=O) groups is 2.